The first-order valence-corrected chi connectivity index (χ1v) is 11.0. The quantitative estimate of drug-likeness (QED) is 0.341. The number of halogens is 2. The minimum atomic E-state index is -1.59. The molecule has 0 bridgehead atoms. The van der Waals surface area contributed by atoms with Gasteiger partial charge in [0.05, 0.1) is 15.9 Å². The number of fused-ring (bicyclic) bond motifs is 3. The van der Waals surface area contributed by atoms with Crippen molar-refractivity contribution in [2.24, 2.45) is 0 Å². The standard InChI is InChI=1S/C22H20ClFN6O4/c23-11-5-9-1-2-10(6-13(9)29-18(11)25)33-14-3-4-22(32)16(31)21(34-17(14)22)30-7-12(24)15-19(26)27-8-28-20(15)30/h1-2,5-8,14,16-17,21,31-32H,3-4H2,(H2,25,29)(H2,26,27,28)/t14-,16-,17+,21+,22-/m0/s1. The molecule has 6 N–H and O–H groups in total. The van der Waals surface area contributed by atoms with Crippen LogP contribution in [-0.2, 0) is 4.74 Å². The van der Waals surface area contributed by atoms with Gasteiger partial charge in [-0.3, -0.25) is 0 Å². The number of aromatic nitrogens is 4. The smallest absolute Gasteiger partial charge is 0.164 e. The summed E-state index contributed by atoms with van der Waals surface area (Å²) < 4.78 is 28.1. The fraction of sp³-hybridized carbons (Fsp3) is 0.318. The highest BCUT2D eigenvalue weighted by molar-refractivity contribution is 6.33. The van der Waals surface area contributed by atoms with E-state index in [9.17, 15) is 14.6 Å². The molecule has 12 heteroatoms. The molecule has 1 aliphatic heterocycles. The predicted octanol–water partition coefficient (Wildman–Crippen LogP) is 2.17. The van der Waals surface area contributed by atoms with E-state index < -0.39 is 36.0 Å². The van der Waals surface area contributed by atoms with Gasteiger partial charge in [0.15, 0.2) is 17.7 Å². The molecule has 0 unspecified atom stereocenters. The van der Waals surface area contributed by atoms with E-state index in [-0.39, 0.29) is 29.1 Å². The lowest BCUT2D eigenvalue weighted by Gasteiger charge is -2.26. The van der Waals surface area contributed by atoms with Crippen LogP contribution in [-0.4, -0.2) is 53.6 Å². The predicted molar refractivity (Wildman–Crippen MR) is 122 cm³/mol. The number of hydrogen-bond acceptors (Lipinski definition) is 9. The Morgan fingerprint density at radius 3 is 2.88 bits per heavy atom. The molecule has 34 heavy (non-hydrogen) atoms. The van der Waals surface area contributed by atoms with E-state index in [1.165, 1.54) is 10.9 Å². The Bertz CT molecular complexity index is 1450. The third-order valence-corrected chi connectivity index (χ3v) is 6.95. The molecule has 6 rings (SSSR count). The van der Waals surface area contributed by atoms with Crippen LogP contribution < -0.4 is 16.2 Å². The number of benzene rings is 1. The first kappa shape index (κ1) is 21.3. The number of aliphatic hydroxyl groups is 2. The topological polar surface area (TPSA) is 155 Å². The number of hydrogen-bond donors (Lipinski definition) is 4. The van der Waals surface area contributed by atoms with Crippen molar-refractivity contribution in [2.45, 2.75) is 43.0 Å². The SMILES string of the molecule is Nc1nc2cc(O[C@H]3CC[C@@]4(O)[C@@H]3O[C@@H](n3cc(F)c5c(N)ncnc53)[C@@H]4O)ccc2cc1Cl. The molecule has 1 saturated carbocycles. The highest BCUT2D eigenvalue weighted by atomic mass is 35.5. The van der Waals surface area contributed by atoms with Gasteiger partial charge in [-0.2, -0.15) is 0 Å². The van der Waals surface area contributed by atoms with Crippen LogP contribution in [0.1, 0.15) is 19.1 Å². The van der Waals surface area contributed by atoms with Crippen LogP contribution in [0.15, 0.2) is 36.8 Å². The van der Waals surface area contributed by atoms with E-state index in [0.29, 0.717) is 22.7 Å². The van der Waals surface area contributed by atoms with Crippen molar-refractivity contribution in [1.82, 2.24) is 19.5 Å². The number of nitrogens with zero attached hydrogens (tertiary/aromatic N) is 4. The van der Waals surface area contributed by atoms with Crippen LogP contribution in [0.4, 0.5) is 16.0 Å². The Hall–Kier alpha value is -3.25. The Labute approximate surface area is 196 Å². The fourth-order valence-electron chi connectivity index (χ4n) is 4.96. The summed E-state index contributed by atoms with van der Waals surface area (Å²) in [5.74, 6) is 0.0299. The van der Waals surface area contributed by atoms with Crippen molar-refractivity contribution in [3.8, 4) is 5.75 Å². The van der Waals surface area contributed by atoms with E-state index in [0.717, 1.165) is 11.6 Å². The molecule has 0 spiro atoms. The maximum Gasteiger partial charge on any atom is 0.164 e. The number of ether oxygens (including phenoxy) is 2. The molecular formula is C22H20ClFN6O4. The molecule has 1 aliphatic carbocycles. The first-order chi connectivity index (χ1) is 16.3. The maximum absolute atomic E-state index is 14.6. The molecule has 176 valence electrons. The van der Waals surface area contributed by atoms with E-state index in [1.807, 2.05) is 0 Å². The molecule has 2 fully saturated rings. The maximum atomic E-state index is 14.6. The van der Waals surface area contributed by atoms with E-state index in [2.05, 4.69) is 15.0 Å². The number of pyridine rings is 1. The summed E-state index contributed by atoms with van der Waals surface area (Å²) in [5, 5.41) is 23.5. The molecule has 4 aromatic rings. The zero-order valence-corrected chi connectivity index (χ0v) is 18.4. The summed E-state index contributed by atoms with van der Waals surface area (Å²) in [5.41, 5.74) is 10.8. The van der Waals surface area contributed by atoms with Gasteiger partial charge in [-0.15, -0.1) is 0 Å². The van der Waals surface area contributed by atoms with Crippen molar-refractivity contribution in [1.29, 1.82) is 0 Å². The van der Waals surface area contributed by atoms with E-state index in [4.69, 9.17) is 32.5 Å². The molecule has 1 saturated heterocycles. The largest absolute Gasteiger partial charge is 0.488 e. The molecule has 1 aromatic carbocycles. The third kappa shape index (κ3) is 3.01. The Morgan fingerprint density at radius 1 is 1.24 bits per heavy atom. The number of anilines is 2. The normalized spacial score (nSPS) is 28.6. The van der Waals surface area contributed by atoms with Crippen LogP contribution in [0.5, 0.6) is 5.75 Å². The van der Waals surface area contributed by atoms with Crippen molar-refractivity contribution in [3.05, 3.63) is 47.6 Å². The lowest BCUT2D eigenvalue weighted by Crippen LogP contribution is -2.47. The summed E-state index contributed by atoms with van der Waals surface area (Å²) in [7, 11) is 0. The Balaban J connectivity index is 1.31. The molecular weight excluding hydrogens is 467 g/mol. The molecule has 2 aliphatic rings. The minimum absolute atomic E-state index is 0.0261. The van der Waals surface area contributed by atoms with Gasteiger partial charge < -0.3 is 35.7 Å². The lowest BCUT2D eigenvalue weighted by molar-refractivity contribution is -0.0791. The second-order valence-electron chi connectivity index (χ2n) is 8.63. The van der Waals surface area contributed by atoms with Crippen LogP contribution in [0, 0.1) is 5.82 Å². The monoisotopic (exact) mass is 486 g/mol. The second kappa shape index (κ2) is 7.37. The molecule has 0 radical (unpaired) electrons. The molecule has 0 amide bonds. The summed E-state index contributed by atoms with van der Waals surface area (Å²) in [6.45, 7) is 0. The molecule has 4 heterocycles. The first-order valence-electron chi connectivity index (χ1n) is 10.6. The van der Waals surface area contributed by atoms with E-state index in [1.54, 1.807) is 24.3 Å². The summed E-state index contributed by atoms with van der Waals surface area (Å²) in [6.07, 6.45) is -0.884. The number of rotatable bonds is 3. The van der Waals surface area contributed by atoms with E-state index >= 15 is 0 Å². The zero-order valence-electron chi connectivity index (χ0n) is 17.6. The van der Waals surface area contributed by atoms with Gasteiger partial charge in [0.1, 0.15) is 47.6 Å². The molecule has 5 atom stereocenters. The van der Waals surface area contributed by atoms with Gasteiger partial charge >= 0.3 is 0 Å². The average molecular weight is 487 g/mol. The van der Waals surface area contributed by atoms with Gasteiger partial charge in [-0.05, 0) is 31.0 Å². The lowest BCUT2D eigenvalue weighted by atomic mass is 9.94. The van der Waals surface area contributed by atoms with Crippen LogP contribution in [0.25, 0.3) is 21.9 Å². The summed E-state index contributed by atoms with van der Waals surface area (Å²) in [6, 6.07) is 6.99. The van der Waals surface area contributed by atoms with Gasteiger partial charge in [-0.1, -0.05) is 11.6 Å². The van der Waals surface area contributed by atoms with Crippen molar-refractivity contribution in [2.75, 3.05) is 11.5 Å². The van der Waals surface area contributed by atoms with Crippen molar-refractivity contribution >= 4 is 45.2 Å². The zero-order chi connectivity index (χ0) is 23.8. The van der Waals surface area contributed by atoms with Crippen molar-refractivity contribution < 1.29 is 24.1 Å². The van der Waals surface area contributed by atoms with Crippen LogP contribution in [0.2, 0.25) is 5.02 Å². The number of nitrogens with two attached hydrogens (primary N) is 2. The number of nitrogen functional groups attached to an aromatic ring is 2. The van der Waals surface area contributed by atoms with Gasteiger partial charge in [0, 0.05) is 17.6 Å². The Kier molecular flexibility index (Phi) is 4.62. The molecule has 10 nitrogen and oxygen atoms in total. The summed E-state index contributed by atoms with van der Waals surface area (Å²) >= 11 is 6.04. The van der Waals surface area contributed by atoms with Gasteiger partial charge in [0.2, 0.25) is 0 Å². The van der Waals surface area contributed by atoms with Gasteiger partial charge in [-0.25, -0.2) is 19.3 Å². The van der Waals surface area contributed by atoms with Gasteiger partial charge in [0.25, 0.3) is 0 Å². The second-order valence-corrected chi connectivity index (χ2v) is 9.04. The van der Waals surface area contributed by atoms with Crippen molar-refractivity contribution in [3.63, 3.8) is 0 Å². The van der Waals surface area contributed by atoms with Crippen LogP contribution >= 0.6 is 11.6 Å². The average Bonchev–Trinajstić information content (AvgIpc) is 3.39. The third-order valence-electron chi connectivity index (χ3n) is 6.65. The van der Waals surface area contributed by atoms with Crippen LogP contribution in [0.3, 0.4) is 0 Å². The molecule has 3 aromatic heterocycles. The summed E-state index contributed by atoms with van der Waals surface area (Å²) in [4.78, 5) is 12.2. The minimum Gasteiger partial charge on any atom is -0.488 e. The highest BCUT2D eigenvalue weighted by Crippen LogP contribution is 2.48. The Morgan fingerprint density at radius 2 is 2.06 bits per heavy atom. The fourth-order valence-corrected chi connectivity index (χ4v) is 5.12. The highest BCUT2D eigenvalue weighted by Gasteiger charge is 2.63. The number of aliphatic hydroxyl groups excluding tert-OH is 1.